The number of aromatic nitrogens is 3. The molecule has 0 radical (unpaired) electrons. The highest BCUT2D eigenvalue weighted by molar-refractivity contribution is 5.56. The molecule has 4 rings (SSSR count). The second-order valence-corrected chi connectivity index (χ2v) is 7.70. The molecule has 12 heteroatoms. The predicted molar refractivity (Wildman–Crippen MR) is 108 cm³/mol. The van der Waals surface area contributed by atoms with Gasteiger partial charge in [-0.1, -0.05) is 18.2 Å². The van der Waals surface area contributed by atoms with E-state index in [4.69, 9.17) is 9.47 Å². The Morgan fingerprint density at radius 1 is 0.912 bits per heavy atom. The second-order valence-electron chi connectivity index (χ2n) is 7.70. The van der Waals surface area contributed by atoms with Crippen LogP contribution >= 0.6 is 0 Å². The molecule has 1 fully saturated rings. The predicted octanol–water partition coefficient (Wildman–Crippen LogP) is 6.02. The third-order valence-electron chi connectivity index (χ3n) is 5.23. The van der Waals surface area contributed by atoms with Crippen molar-refractivity contribution in [3.8, 4) is 5.75 Å². The minimum Gasteiger partial charge on any atom is -0.490 e. The summed E-state index contributed by atoms with van der Waals surface area (Å²) in [4.78, 5) is 0. The van der Waals surface area contributed by atoms with E-state index in [1.165, 1.54) is 12.1 Å². The van der Waals surface area contributed by atoms with Crippen molar-refractivity contribution in [1.29, 1.82) is 0 Å². The van der Waals surface area contributed by atoms with Crippen molar-refractivity contribution in [2.45, 2.75) is 56.7 Å². The third-order valence-corrected chi connectivity index (χ3v) is 5.23. The Bertz CT molecular complexity index is 1060. The lowest BCUT2D eigenvalue weighted by Gasteiger charge is -2.29. The zero-order chi connectivity index (χ0) is 24.9. The molecule has 0 spiro atoms. The molecule has 1 aromatic carbocycles. The van der Waals surface area contributed by atoms with E-state index in [-0.39, 0.29) is 11.9 Å². The van der Waals surface area contributed by atoms with Crippen molar-refractivity contribution in [3.63, 3.8) is 0 Å². The van der Waals surface area contributed by atoms with Gasteiger partial charge in [-0.15, -0.1) is 10.2 Å². The van der Waals surface area contributed by atoms with Crippen LogP contribution in [0.2, 0.25) is 0 Å². The summed E-state index contributed by atoms with van der Waals surface area (Å²) in [5, 5.41) is 6.63. The first-order valence-electron chi connectivity index (χ1n) is 10.4. The summed E-state index contributed by atoms with van der Waals surface area (Å²) in [6.07, 6.45) is -7.90. The van der Waals surface area contributed by atoms with Crippen LogP contribution in [0.4, 0.5) is 30.7 Å². The maximum absolute atomic E-state index is 13.6. The van der Waals surface area contributed by atoms with Crippen LogP contribution in [-0.4, -0.2) is 40.1 Å². The quantitative estimate of drug-likeness (QED) is 0.418. The average molecular weight is 493 g/mol. The molecule has 0 aliphatic heterocycles. The largest absolute Gasteiger partial charge is 0.490 e. The van der Waals surface area contributed by atoms with Gasteiger partial charge in [-0.2, -0.15) is 26.3 Å². The number of methoxy groups -OCH3 is 1. The molecular weight excluding hydrogens is 471 g/mol. The lowest BCUT2D eigenvalue weighted by Crippen LogP contribution is -2.28. The number of rotatable bonds is 4. The van der Waals surface area contributed by atoms with E-state index in [1.807, 2.05) is 0 Å². The molecule has 0 amide bonds. The van der Waals surface area contributed by atoms with Crippen LogP contribution in [0.3, 0.4) is 0 Å². The number of ether oxygens (including phenoxy) is 2. The van der Waals surface area contributed by atoms with E-state index < -0.39 is 47.7 Å². The molecule has 0 saturated heterocycles. The van der Waals surface area contributed by atoms with Gasteiger partial charge in [0, 0.05) is 13.3 Å². The molecule has 3 aromatic rings. The van der Waals surface area contributed by atoms with Crippen molar-refractivity contribution in [3.05, 3.63) is 59.8 Å². The van der Waals surface area contributed by atoms with Crippen molar-refractivity contribution in [2.24, 2.45) is 0 Å². The number of hydrogen-bond donors (Lipinski definition) is 0. The van der Waals surface area contributed by atoms with Gasteiger partial charge in [0.2, 0.25) is 0 Å². The van der Waals surface area contributed by atoms with Crippen molar-refractivity contribution in [1.82, 2.24) is 14.6 Å². The van der Waals surface area contributed by atoms with Crippen molar-refractivity contribution < 1.29 is 40.2 Å². The van der Waals surface area contributed by atoms with E-state index in [0.29, 0.717) is 30.1 Å². The van der Waals surface area contributed by atoms with E-state index in [9.17, 15) is 30.7 Å². The van der Waals surface area contributed by atoms with Gasteiger partial charge in [-0.3, -0.25) is 4.40 Å². The van der Waals surface area contributed by atoms with Gasteiger partial charge in [0.15, 0.2) is 5.65 Å². The number of benzene rings is 1. The lowest BCUT2D eigenvalue weighted by molar-refractivity contribution is -0.138. The monoisotopic (exact) mass is 493 g/mol. The molecule has 0 N–H and O–H groups in total. The molecular formula is C22H22F7N3O2. The highest BCUT2D eigenvalue weighted by atomic mass is 19.4. The number of pyridine rings is 1. The number of fused-ring (bicyclic) bond motifs is 1. The van der Waals surface area contributed by atoms with Gasteiger partial charge < -0.3 is 9.47 Å². The van der Waals surface area contributed by atoms with Gasteiger partial charge >= 0.3 is 12.4 Å². The fourth-order valence-electron chi connectivity index (χ4n) is 3.63. The number of alkyl halides is 6. The fourth-order valence-corrected chi connectivity index (χ4v) is 3.63. The summed E-state index contributed by atoms with van der Waals surface area (Å²) in [5.41, 5.74) is -1.93. The Hall–Kier alpha value is -2.89. The highest BCUT2D eigenvalue weighted by Gasteiger charge is 2.40. The summed E-state index contributed by atoms with van der Waals surface area (Å²) < 4.78 is 102. The topological polar surface area (TPSA) is 48.7 Å². The standard InChI is InChI=1S/C16H17F6N3O2.C6H5F/c1-26-9-2-4-10(5-3-9)27-11-6-7-25-12(8-15(17,18)19)23-24-14(25)13(11)16(20,21)22;7-6-4-2-1-3-5-6/h6-7,9-10H,2-5,8H2,1H3;1-5H. The first-order chi connectivity index (χ1) is 16.0. The molecule has 186 valence electrons. The summed E-state index contributed by atoms with van der Waals surface area (Å²) >= 11 is 0. The lowest BCUT2D eigenvalue weighted by atomic mass is 9.95. The van der Waals surface area contributed by atoms with Crippen LogP contribution in [-0.2, 0) is 17.3 Å². The van der Waals surface area contributed by atoms with E-state index in [1.54, 1.807) is 25.3 Å². The Kier molecular flexibility index (Phi) is 8.01. The van der Waals surface area contributed by atoms with Gasteiger partial charge in [0.25, 0.3) is 0 Å². The maximum atomic E-state index is 13.6. The van der Waals surface area contributed by atoms with Crippen LogP contribution in [0, 0.1) is 5.82 Å². The van der Waals surface area contributed by atoms with Crippen LogP contribution in [0.5, 0.6) is 5.75 Å². The first kappa shape index (κ1) is 25.7. The fraction of sp³-hybridized carbons (Fsp3) is 0.455. The van der Waals surface area contributed by atoms with Gasteiger partial charge in [-0.05, 0) is 43.9 Å². The Morgan fingerprint density at radius 3 is 2.03 bits per heavy atom. The molecule has 0 bridgehead atoms. The van der Waals surface area contributed by atoms with Crippen molar-refractivity contribution >= 4 is 5.65 Å². The second kappa shape index (κ2) is 10.6. The molecule has 1 saturated carbocycles. The average Bonchev–Trinajstić information content (AvgIpc) is 3.15. The minimum atomic E-state index is -4.86. The van der Waals surface area contributed by atoms with E-state index >= 15 is 0 Å². The van der Waals surface area contributed by atoms with Crippen LogP contribution in [0.15, 0.2) is 42.6 Å². The van der Waals surface area contributed by atoms with E-state index in [2.05, 4.69) is 10.2 Å². The molecule has 0 unspecified atom stereocenters. The number of nitrogens with zero attached hydrogens (tertiary/aromatic N) is 3. The van der Waals surface area contributed by atoms with E-state index in [0.717, 1.165) is 12.3 Å². The zero-order valence-electron chi connectivity index (χ0n) is 18.0. The van der Waals surface area contributed by atoms with Crippen LogP contribution < -0.4 is 4.74 Å². The highest BCUT2D eigenvalue weighted by Crippen LogP contribution is 2.40. The number of hydrogen-bond acceptors (Lipinski definition) is 4. The molecule has 2 heterocycles. The van der Waals surface area contributed by atoms with Gasteiger partial charge in [0.05, 0.1) is 12.2 Å². The first-order valence-corrected chi connectivity index (χ1v) is 10.4. The molecule has 34 heavy (non-hydrogen) atoms. The Balaban J connectivity index is 0.000000396. The van der Waals surface area contributed by atoms with Gasteiger partial charge in [-0.25, -0.2) is 4.39 Å². The minimum absolute atomic E-state index is 0.0517. The SMILES string of the molecule is COC1CCC(Oc2ccn3c(CC(F)(F)F)nnc3c2C(F)(F)F)CC1.Fc1ccccc1. The molecule has 1 aliphatic rings. The normalized spacial score (nSPS) is 18.9. The Morgan fingerprint density at radius 2 is 1.53 bits per heavy atom. The molecule has 1 aliphatic carbocycles. The summed E-state index contributed by atoms with van der Waals surface area (Å²) in [6, 6.07) is 8.95. The molecule has 5 nitrogen and oxygen atoms in total. The smallest absolute Gasteiger partial charge is 0.423 e. The third kappa shape index (κ3) is 6.81. The molecule has 2 aromatic heterocycles. The van der Waals surface area contributed by atoms with Crippen molar-refractivity contribution in [2.75, 3.05) is 7.11 Å². The summed E-state index contributed by atoms with van der Waals surface area (Å²) in [7, 11) is 1.57. The summed E-state index contributed by atoms with van der Waals surface area (Å²) in [5.74, 6) is -1.25. The maximum Gasteiger partial charge on any atom is 0.423 e. The van der Waals surface area contributed by atoms with Crippen LogP contribution in [0.1, 0.15) is 37.1 Å². The van der Waals surface area contributed by atoms with Gasteiger partial charge in [0.1, 0.15) is 29.4 Å². The number of halogens is 7. The Labute approximate surface area is 190 Å². The zero-order valence-corrected chi connectivity index (χ0v) is 18.0. The summed E-state index contributed by atoms with van der Waals surface area (Å²) in [6.45, 7) is 0. The van der Waals surface area contributed by atoms with Crippen LogP contribution in [0.25, 0.3) is 5.65 Å². The molecule has 0 atom stereocenters.